The predicted molar refractivity (Wildman–Crippen MR) is 116 cm³/mol. The van der Waals surface area contributed by atoms with E-state index in [1.165, 1.54) is 29.2 Å². The number of hydrogen-bond acceptors (Lipinski definition) is 4. The Morgan fingerprint density at radius 1 is 1.16 bits per heavy atom. The molecule has 2 aromatic carbocycles. The van der Waals surface area contributed by atoms with Crippen LogP contribution in [0.15, 0.2) is 53.4 Å². The Morgan fingerprint density at radius 2 is 1.87 bits per heavy atom. The number of nitrogens with zero attached hydrogens (tertiary/aromatic N) is 1. The number of carbonyl (C=O) groups is 2. The van der Waals surface area contributed by atoms with Crippen LogP contribution in [0.5, 0.6) is 0 Å². The maximum atomic E-state index is 13.0. The summed E-state index contributed by atoms with van der Waals surface area (Å²) in [5.41, 5.74) is -0.147. The Balaban J connectivity index is 1.53. The molecule has 0 aromatic heterocycles. The lowest BCUT2D eigenvalue weighted by Crippen LogP contribution is -2.29. The first-order valence-electron chi connectivity index (χ1n) is 9.11. The van der Waals surface area contributed by atoms with Gasteiger partial charge in [0.2, 0.25) is 5.91 Å². The van der Waals surface area contributed by atoms with Crippen LogP contribution in [0.3, 0.4) is 0 Å². The zero-order valence-corrected chi connectivity index (χ0v) is 17.5. The lowest BCUT2D eigenvalue weighted by Gasteiger charge is -2.14. The fourth-order valence-corrected chi connectivity index (χ4v) is 4.11. The van der Waals surface area contributed by atoms with E-state index in [1.54, 1.807) is 18.2 Å². The number of amides is 2. The van der Waals surface area contributed by atoms with Crippen molar-refractivity contribution in [2.24, 2.45) is 0 Å². The van der Waals surface area contributed by atoms with Crippen LogP contribution in [0.4, 0.5) is 23.2 Å². The first-order chi connectivity index (χ1) is 14.6. The summed E-state index contributed by atoms with van der Waals surface area (Å²) in [4.78, 5) is 26.4. The number of alkyl halides is 3. The smallest absolute Gasteiger partial charge is 0.326 e. The van der Waals surface area contributed by atoms with Gasteiger partial charge in [0.1, 0.15) is 10.1 Å². The van der Waals surface area contributed by atoms with Gasteiger partial charge >= 0.3 is 6.18 Å². The summed E-state index contributed by atoms with van der Waals surface area (Å²) >= 11 is 6.34. The molecule has 1 N–H and O–H groups in total. The molecule has 3 rings (SSSR count). The fourth-order valence-electron chi connectivity index (χ4n) is 2.80. The monoisotopic (exact) mass is 468 g/mol. The molecule has 0 radical (unpaired) electrons. The summed E-state index contributed by atoms with van der Waals surface area (Å²) in [6, 6.07) is 10.0. The number of nitrogens with one attached hydrogen (secondary N) is 1. The van der Waals surface area contributed by atoms with E-state index in [0.29, 0.717) is 14.8 Å². The molecule has 10 heteroatoms. The molecular weight excluding hydrogens is 452 g/mol. The molecule has 0 saturated carbocycles. The number of halogens is 4. The first-order valence-corrected chi connectivity index (χ1v) is 10.3. The fraction of sp³-hybridized carbons (Fsp3) is 0.190. The topological polar surface area (TPSA) is 49.4 Å². The third-order valence-electron chi connectivity index (χ3n) is 4.30. The molecule has 2 amide bonds. The van der Waals surface area contributed by atoms with Gasteiger partial charge in [-0.15, -0.1) is 0 Å². The maximum absolute atomic E-state index is 13.0. The summed E-state index contributed by atoms with van der Waals surface area (Å²) in [6.45, 7) is 0.196. The summed E-state index contributed by atoms with van der Waals surface area (Å²) in [6.07, 6.45) is -2.60. The molecule has 1 aliphatic heterocycles. The second kappa shape index (κ2) is 9.61. The van der Waals surface area contributed by atoms with Gasteiger partial charge in [-0.25, -0.2) is 4.39 Å². The van der Waals surface area contributed by atoms with Crippen LogP contribution in [0.2, 0.25) is 0 Å². The second-order valence-corrected chi connectivity index (χ2v) is 8.29. The van der Waals surface area contributed by atoms with E-state index < -0.39 is 17.6 Å². The van der Waals surface area contributed by atoms with E-state index in [-0.39, 0.29) is 36.8 Å². The number of benzene rings is 2. The molecular formula is C21H16F4N2O2S2. The van der Waals surface area contributed by atoms with E-state index in [0.717, 1.165) is 23.9 Å². The van der Waals surface area contributed by atoms with E-state index in [9.17, 15) is 27.2 Å². The SMILES string of the molecule is O=C(CCCN1C(=O)/C(=C/c2ccc(F)cc2)SC1=S)Nc1cccc(C(F)(F)F)c1. The Labute approximate surface area is 185 Å². The van der Waals surface area contributed by atoms with Gasteiger partial charge in [0, 0.05) is 18.7 Å². The predicted octanol–water partition coefficient (Wildman–Crippen LogP) is 5.46. The van der Waals surface area contributed by atoms with Crippen molar-refractivity contribution >= 4 is 51.9 Å². The number of rotatable bonds is 6. The van der Waals surface area contributed by atoms with Crippen molar-refractivity contribution in [2.45, 2.75) is 19.0 Å². The highest BCUT2D eigenvalue weighted by atomic mass is 32.2. The molecule has 0 aliphatic carbocycles. The average molecular weight is 468 g/mol. The molecule has 0 bridgehead atoms. The van der Waals surface area contributed by atoms with Crippen molar-refractivity contribution in [2.75, 3.05) is 11.9 Å². The van der Waals surface area contributed by atoms with Gasteiger partial charge in [-0.3, -0.25) is 14.5 Å². The lowest BCUT2D eigenvalue weighted by molar-refractivity contribution is -0.137. The molecule has 1 saturated heterocycles. The molecule has 0 unspecified atom stereocenters. The van der Waals surface area contributed by atoms with Crippen molar-refractivity contribution in [3.8, 4) is 0 Å². The van der Waals surface area contributed by atoms with Gasteiger partial charge in [0.15, 0.2) is 0 Å². The van der Waals surface area contributed by atoms with Crippen LogP contribution in [0.25, 0.3) is 6.08 Å². The Hall–Kier alpha value is -2.72. The summed E-state index contributed by atoms with van der Waals surface area (Å²) in [5.74, 6) is -1.16. The Morgan fingerprint density at radius 3 is 2.55 bits per heavy atom. The van der Waals surface area contributed by atoms with Gasteiger partial charge in [-0.05, 0) is 48.4 Å². The highest BCUT2D eigenvalue weighted by Crippen LogP contribution is 2.33. The molecule has 4 nitrogen and oxygen atoms in total. The Kier molecular flexibility index (Phi) is 7.11. The molecule has 2 aromatic rings. The average Bonchev–Trinajstić information content (AvgIpc) is 2.96. The van der Waals surface area contributed by atoms with Crippen LogP contribution in [0.1, 0.15) is 24.0 Å². The highest BCUT2D eigenvalue weighted by Gasteiger charge is 2.32. The van der Waals surface area contributed by atoms with Gasteiger partial charge < -0.3 is 5.32 Å². The third kappa shape index (κ3) is 6.14. The van der Waals surface area contributed by atoms with Gasteiger partial charge in [0.05, 0.1) is 10.5 Å². The largest absolute Gasteiger partial charge is 0.416 e. The molecule has 162 valence electrons. The molecule has 1 aliphatic rings. The number of carbonyl (C=O) groups excluding carboxylic acids is 2. The highest BCUT2D eigenvalue weighted by molar-refractivity contribution is 8.26. The Bertz CT molecular complexity index is 1040. The third-order valence-corrected chi connectivity index (χ3v) is 5.68. The van der Waals surface area contributed by atoms with Crippen molar-refractivity contribution in [3.63, 3.8) is 0 Å². The first kappa shape index (κ1) is 23.0. The van der Waals surface area contributed by atoms with E-state index >= 15 is 0 Å². The van der Waals surface area contributed by atoms with Crippen molar-refractivity contribution in [1.82, 2.24) is 4.90 Å². The standard InChI is InChI=1S/C21H16F4N2O2S2/c22-15-8-6-13(7-9-15)11-17-19(29)27(20(30)31-17)10-2-5-18(28)26-16-4-1-3-14(12-16)21(23,24)25/h1,3-4,6-9,11-12H,2,5,10H2,(H,26,28)/b17-11-. The number of hydrogen-bond donors (Lipinski definition) is 1. The number of anilines is 1. The summed E-state index contributed by atoms with van der Waals surface area (Å²) < 4.78 is 51.6. The van der Waals surface area contributed by atoms with Crippen LogP contribution in [0, 0.1) is 5.82 Å². The van der Waals surface area contributed by atoms with Crippen LogP contribution < -0.4 is 5.32 Å². The molecule has 31 heavy (non-hydrogen) atoms. The van der Waals surface area contributed by atoms with E-state index in [2.05, 4.69) is 5.32 Å². The number of thioether (sulfide) groups is 1. The minimum atomic E-state index is -4.50. The zero-order chi connectivity index (χ0) is 22.6. The summed E-state index contributed by atoms with van der Waals surface area (Å²) in [5, 5.41) is 2.43. The van der Waals surface area contributed by atoms with Gasteiger partial charge in [-0.1, -0.05) is 42.2 Å². The zero-order valence-electron chi connectivity index (χ0n) is 15.9. The molecule has 0 atom stereocenters. The quantitative estimate of drug-likeness (QED) is 0.347. The van der Waals surface area contributed by atoms with Gasteiger partial charge in [-0.2, -0.15) is 13.2 Å². The minimum absolute atomic E-state index is 0.00428. The normalized spacial score (nSPS) is 15.6. The van der Waals surface area contributed by atoms with Crippen LogP contribution in [-0.2, 0) is 15.8 Å². The minimum Gasteiger partial charge on any atom is -0.326 e. The molecule has 0 spiro atoms. The van der Waals surface area contributed by atoms with Crippen molar-refractivity contribution < 1.29 is 27.2 Å². The van der Waals surface area contributed by atoms with Crippen molar-refractivity contribution in [3.05, 3.63) is 70.4 Å². The summed E-state index contributed by atoms with van der Waals surface area (Å²) in [7, 11) is 0. The van der Waals surface area contributed by atoms with Crippen molar-refractivity contribution in [1.29, 1.82) is 0 Å². The maximum Gasteiger partial charge on any atom is 0.416 e. The number of thiocarbonyl (C=S) groups is 1. The van der Waals surface area contributed by atoms with Crippen LogP contribution >= 0.6 is 24.0 Å². The second-order valence-electron chi connectivity index (χ2n) is 6.62. The lowest BCUT2D eigenvalue weighted by atomic mass is 10.2. The molecule has 1 fully saturated rings. The molecule has 1 heterocycles. The van der Waals surface area contributed by atoms with Gasteiger partial charge in [0.25, 0.3) is 5.91 Å². The van der Waals surface area contributed by atoms with Crippen LogP contribution in [-0.4, -0.2) is 27.6 Å². The van der Waals surface area contributed by atoms with E-state index in [4.69, 9.17) is 12.2 Å². The van der Waals surface area contributed by atoms with E-state index in [1.807, 2.05) is 0 Å².